The van der Waals surface area contributed by atoms with Crippen molar-refractivity contribution in [1.29, 1.82) is 0 Å². The Balaban J connectivity index is 2.05. The molecular weight excluding hydrogens is 405 g/mol. The van der Waals surface area contributed by atoms with Gasteiger partial charge in [-0.2, -0.15) is 5.10 Å². The minimum absolute atomic E-state index is 0.268. The summed E-state index contributed by atoms with van der Waals surface area (Å²) < 4.78 is 8.33. The van der Waals surface area contributed by atoms with Crippen LogP contribution in [0.3, 0.4) is 0 Å². The van der Waals surface area contributed by atoms with Crippen LogP contribution in [0.5, 0.6) is 5.75 Å². The van der Waals surface area contributed by atoms with Crippen molar-refractivity contribution in [2.75, 3.05) is 7.11 Å². The van der Waals surface area contributed by atoms with E-state index < -0.39 is 0 Å². The number of hydrogen-bond acceptors (Lipinski definition) is 3. The minimum Gasteiger partial charge on any atom is -0.496 e. The Labute approximate surface area is 149 Å². The number of carbonyl (C=O) groups is 1. The molecule has 0 saturated carbocycles. The van der Waals surface area contributed by atoms with E-state index in [4.69, 9.17) is 4.74 Å². The van der Waals surface area contributed by atoms with Gasteiger partial charge in [-0.15, -0.1) is 0 Å². The van der Waals surface area contributed by atoms with Crippen molar-refractivity contribution in [1.82, 2.24) is 9.99 Å². The highest BCUT2D eigenvalue weighted by molar-refractivity contribution is 14.1. The second-order valence-electron chi connectivity index (χ2n) is 5.46. The van der Waals surface area contributed by atoms with Gasteiger partial charge in [0.05, 0.1) is 16.9 Å². The highest BCUT2D eigenvalue weighted by Gasteiger charge is 2.08. The molecule has 0 aliphatic carbocycles. The molecule has 5 nitrogen and oxygen atoms in total. The summed E-state index contributed by atoms with van der Waals surface area (Å²) >= 11 is 2.16. The average molecular weight is 425 g/mol. The molecule has 2 aromatic rings. The lowest BCUT2D eigenvalue weighted by molar-refractivity contribution is 0.0954. The molecule has 0 unspecified atom stereocenters. The zero-order chi connectivity index (χ0) is 17.0. The number of hydrazone groups is 1. The van der Waals surface area contributed by atoms with Gasteiger partial charge in [0.1, 0.15) is 5.75 Å². The summed E-state index contributed by atoms with van der Waals surface area (Å²) in [6.45, 7) is 6.30. The smallest absolute Gasteiger partial charge is 0.271 e. The molecule has 1 N–H and O–H groups in total. The lowest BCUT2D eigenvalue weighted by atomic mass is 10.2. The van der Waals surface area contributed by atoms with Crippen molar-refractivity contribution >= 4 is 34.7 Å². The Hall–Kier alpha value is -1.83. The molecule has 0 atom stereocenters. The van der Waals surface area contributed by atoms with Gasteiger partial charge in [-0.1, -0.05) is 0 Å². The number of nitrogens with one attached hydrogen (secondary N) is 1. The first kappa shape index (κ1) is 17.5. The number of halogens is 1. The Morgan fingerprint density at radius 3 is 2.74 bits per heavy atom. The first-order valence-electron chi connectivity index (χ1n) is 7.27. The van der Waals surface area contributed by atoms with Gasteiger partial charge < -0.3 is 9.30 Å². The zero-order valence-electron chi connectivity index (χ0n) is 13.6. The molecule has 2 rings (SSSR count). The molecule has 0 spiro atoms. The number of benzene rings is 1. The Bertz CT molecular complexity index is 735. The van der Waals surface area contributed by atoms with Crippen LogP contribution < -0.4 is 10.2 Å². The average Bonchev–Trinajstić information content (AvgIpc) is 2.88. The van der Waals surface area contributed by atoms with Crippen molar-refractivity contribution < 1.29 is 9.53 Å². The van der Waals surface area contributed by atoms with Crippen LogP contribution in [0.2, 0.25) is 0 Å². The molecule has 1 amide bonds. The van der Waals surface area contributed by atoms with Gasteiger partial charge in [0.2, 0.25) is 0 Å². The first-order chi connectivity index (χ1) is 10.9. The van der Waals surface area contributed by atoms with Crippen molar-refractivity contribution in [3.63, 3.8) is 0 Å². The van der Waals surface area contributed by atoms with Crippen LogP contribution in [0.4, 0.5) is 0 Å². The highest BCUT2D eigenvalue weighted by atomic mass is 127. The van der Waals surface area contributed by atoms with E-state index in [-0.39, 0.29) is 5.91 Å². The molecule has 0 aliphatic heterocycles. The number of carbonyl (C=O) groups excluding carboxylic acids is 1. The molecule has 1 aromatic carbocycles. The quantitative estimate of drug-likeness (QED) is 0.451. The fourth-order valence-electron chi connectivity index (χ4n) is 2.27. The van der Waals surface area contributed by atoms with Gasteiger partial charge in [-0.05, 0) is 67.6 Å². The first-order valence-corrected chi connectivity index (χ1v) is 8.35. The van der Waals surface area contributed by atoms with Gasteiger partial charge in [0.25, 0.3) is 5.91 Å². The van der Waals surface area contributed by atoms with Gasteiger partial charge >= 0.3 is 0 Å². The topological polar surface area (TPSA) is 55.6 Å². The number of aromatic nitrogens is 1. The van der Waals surface area contributed by atoms with E-state index >= 15 is 0 Å². The Morgan fingerprint density at radius 2 is 2.13 bits per heavy atom. The van der Waals surface area contributed by atoms with Crippen LogP contribution in [0, 0.1) is 10.5 Å². The summed E-state index contributed by atoms with van der Waals surface area (Å²) in [5, 5.41) is 4.03. The minimum atomic E-state index is -0.268. The molecule has 0 bridgehead atoms. The number of hydrogen-bond donors (Lipinski definition) is 1. The van der Waals surface area contributed by atoms with E-state index in [9.17, 15) is 4.79 Å². The summed E-state index contributed by atoms with van der Waals surface area (Å²) in [6, 6.07) is 7.71. The summed E-state index contributed by atoms with van der Waals surface area (Å²) in [5.74, 6) is 0.405. The summed E-state index contributed by atoms with van der Waals surface area (Å²) in [6.07, 6.45) is 3.66. The number of amides is 1. The Kier molecular flexibility index (Phi) is 5.81. The molecule has 1 aromatic heterocycles. The van der Waals surface area contributed by atoms with E-state index in [1.807, 2.05) is 25.3 Å². The molecule has 0 radical (unpaired) electrons. The lowest BCUT2D eigenvalue weighted by Crippen LogP contribution is -2.17. The molecule has 0 fully saturated rings. The van der Waals surface area contributed by atoms with E-state index in [1.165, 1.54) is 0 Å². The second-order valence-corrected chi connectivity index (χ2v) is 6.63. The monoisotopic (exact) mass is 425 g/mol. The van der Waals surface area contributed by atoms with Gasteiger partial charge in [-0.25, -0.2) is 5.43 Å². The van der Waals surface area contributed by atoms with Gasteiger partial charge in [0, 0.05) is 29.1 Å². The molecular formula is C17H20IN3O2. The van der Waals surface area contributed by atoms with Gasteiger partial charge in [0.15, 0.2) is 0 Å². The summed E-state index contributed by atoms with van der Waals surface area (Å²) in [4.78, 5) is 12.1. The molecule has 23 heavy (non-hydrogen) atoms. The number of rotatable bonds is 5. The molecule has 0 aliphatic rings. The van der Waals surface area contributed by atoms with E-state index in [0.717, 1.165) is 14.8 Å². The standard InChI is InChI=1S/C17H20IN3O2/c1-11(2)21-10-13(7-12(21)3)9-19-20-17(22)14-5-6-15(18)16(8-14)23-4/h5-11H,1-4H3,(H,20,22)/b19-9+. The summed E-state index contributed by atoms with van der Waals surface area (Å²) in [7, 11) is 1.58. The van der Waals surface area contributed by atoms with Crippen LogP contribution in [0.15, 0.2) is 35.6 Å². The largest absolute Gasteiger partial charge is 0.496 e. The van der Waals surface area contributed by atoms with Crippen LogP contribution in [0.1, 0.15) is 41.5 Å². The van der Waals surface area contributed by atoms with Crippen LogP contribution >= 0.6 is 22.6 Å². The maximum absolute atomic E-state index is 12.1. The lowest BCUT2D eigenvalue weighted by Gasteiger charge is -2.08. The number of aryl methyl sites for hydroxylation is 1. The molecule has 1 heterocycles. The van der Waals surface area contributed by atoms with Crippen molar-refractivity contribution in [2.24, 2.45) is 5.10 Å². The summed E-state index contributed by atoms with van der Waals surface area (Å²) in [5.41, 5.74) is 5.17. The van der Waals surface area contributed by atoms with Crippen molar-refractivity contribution in [2.45, 2.75) is 26.8 Å². The fraction of sp³-hybridized carbons (Fsp3) is 0.294. The van der Waals surface area contributed by atoms with E-state index in [1.54, 1.807) is 25.5 Å². The second kappa shape index (κ2) is 7.63. The van der Waals surface area contributed by atoms with Crippen LogP contribution in [0.25, 0.3) is 0 Å². The maximum Gasteiger partial charge on any atom is 0.271 e. The van der Waals surface area contributed by atoms with Crippen LogP contribution in [-0.2, 0) is 0 Å². The van der Waals surface area contributed by atoms with E-state index in [2.05, 4.69) is 51.5 Å². The highest BCUT2D eigenvalue weighted by Crippen LogP contribution is 2.21. The fourth-order valence-corrected chi connectivity index (χ4v) is 2.83. The molecule has 6 heteroatoms. The Morgan fingerprint density at radius 1 is 1.39 bits per heavy atom. The normalized spacial score (nSPS) is 11.2. The third kappa shape index (κ3) is 4.34. The number of methoxy groups -OCH3 is 1. The van der Waals surface area contributed by atoms with Crippen molar-refractivity contribution in [3.05, 3.63) is 50.9 Å². The molecule has 0 saturated heterocycles. The van der Waals surface area contributed by atoms with Crippen LogP contribution in [-0.4, -0.2) is 23.8 Å². The number of ether oxygens (including phenoxy) is 1. The maximum atomic E-state index is 12.1. The third-order valence-electron chi connectivity index (χ3n) is 3.42. The predicted molar refractivity (Wildman–Crippen MR) is 100 cm³/mol. The third-order valence-corrected chi connectivity index (χ3v) is 4.31. The van der Waals surface area contributed by atoms with Gasteiger partial charge in [-0.3, -0.25) is 4.79 Å². The predicted octanol–water partition coefficient (Wildman–Crippen LogP) is 3.75. The SMILES string of the molecule is COc1cc(C(=O)N/N=C/c2cc(C)n(C(C)C)c2)ccc1I. The van der Waals surface area contributed by atoms with Crippen molar-refractivity contribution in [3.8, 4) is 5.75 Å². The number of nitrogens with zero attached hydrogens (tertiary/aromatic N) is 2. The zero-order valence-corrected chi connectivity index (χ0v) is 15.8. The van der Waals surface area contributed by atoms with E-state index in [0.29, 0.717) is 17.4 Å². The molecule has 122 valence electrons.